The van der Waals surface area contributed by atoms with Gasteiger partial charge in [0.25, 0.3) is 0 Å². The fourth-order valence-corrected chi connectivity index (χ4v) is 3.74. The van der Waals surface area contributed by atoms with Crippen LogP contribution in [0.4, 0.5) is 10.8 Å². The van der Waals surface area contributed by atoms with Crippen molar-refractivity contribution in [2.45, 2.75) is 10.1 Å². The van der Waals surface area contributed by atoms with Gasteiger partial charge in [-0.25, -0.2) is 0 Å². The Labute approximate surface area is 139 Å². The van der Waals surface area contributed by atoms with Crippen LogP contribution in [0.5, 0.6) is 0 Å². The van der Waals surface area contributed by atoms with E-state index < -0.39 is 0 Å². The summed E-state index contributed by atoms with van der Waals surface area (Å²) in [5.41, 5.74) is 2.17. The summed E-state index contributed by atoms with van der Waals surface area (Å²) in [5, 5.41) is 12.4. The van der Waals surface area contributed by atoms with Crippen molar-refractivity contribution in [3.63, 3.8) is 0 Å². The van der Waals surface area contributed by atoms with Crippen LogP contribution < -0.4 is 5.32 Å². The molecule has 0 saturated carbocycles. The van der Waals surface area contributed by atoms with Crippen LogP contribution >= 0.6 is 39.0 Å². The lowest BCUT2D eigenvalue weighted by molar-refractivity contribution is 1.01. The van der Waals surface area contributed by atoms with E-state index in [1.807, 2.05) is 36.5 Å². The zero-order valence-electron chi connectivity index (χ0n) is 10.9. The third-order valence-electron chi connectivity index (χ3n) is 2.57. The molecule has 1 N–H and O–H groups in total. The number of nitrogens with one attached hydrogen (secondary N) is 1. The minimum Gasteiger partial charge on any atom is -0.330 e. The van der Waals surface area contributed by atoms with Crippen molar-refractivity contribution in [1.29, 1.82) is 0 Å². The first kappa shape index (κ1) is 14.5. The van der Waals surface area contributed by atoms with Crippen LogP contribution in [-0.4, -0.2) is 15.2 Å². The van der Waals surface area contributed by atoms with Gasteiger partial charge in [0.1, 0.15) is 0 Å². The number of hydrogen-bond acceptors (Lipinski definition) is 6. The molecule has 3 rings (SSSR count). The number of anilines is 2. The molecule has 106 valence electrons. The highest BCUT2D eigenvalue weighted by atomic mass is 79.9. The maximum Gasteiger partial charge on any atom is 0.210 e. The quantitative estimate of drug-likeness (QED) is 0.650. The van der Waals surface area contributed by atoms with Crippen molar-refractivity contribution >= 4 is 49.8 Å². The summed E-state index contributed by atoms with van der Waals surface area (Å²) in [6.45, 7) is 0. The van der Waals surface area contributed by atoms with Gasteiger partial charge < -0.3 is 5.32 Å². The number of hydrogen-bond donors (Lipinski definition) is 1. The maximum atomic E-state index is 4.19. The van der Waals surface area contributed by atoms with E-state index in [0.717, 1.165) is 25.4 Å². The first-order valence-electron chi connectivity index (χ1n) is 6.17. The van der Waals surface area contributed by atoms with E-state index in [9.17, 15) is 0 Å². The van der Waals surface area contributed by atoms with Crippen LogP contribution in [0, 0.1) is 0 Å². The van der Waals surface area contributed by atoms with Crippen LogP contribution in [0.3, 0.4) is 0 Å². The van der Waals surface area contributed by atoms with Crippen LogP contribution in [0.1, 0.15) is 5.56 Å². The number of benzene rings is 1. The minimum atomic E-state index is 0.793. The van der Waals surface area contributed by atoms with E-state index in [-0.39, 0.29) is 0 Å². The van der Waals surface area contributed by atoms with E-state index in [0.29, 0.717) is 0 Å². The van der Waals surface area contributed by atoms with Crippen molar-refractivity contribution < 1.29 is 0 Å². The highest BCUT2D eigenvalue weighted by Crippen LogP contribution is 2.30. The highest BCUT2D eigenvalue weighted by molar-refractivity contribution is 9.10. The number of thioether (sulfide) groups is 1. The molecule has 0 unspecified atom stereocenters. The molecule has 0 radical (unpaired) electrons. The van der Waals surface area contributed by atoms with E-state index >= 15 is 0 Å². The molecule has 0 amide bonds. The fraction of sp³-hybridized carbons (Fsp3) is 0.0714. The van der Waals surface area contributed by atoms with E-state index in [4.69, 9.17) is 0 Å². The second kappa shape index (κ2) is 7.02. The average molecular weight is 379 g/mol. The zero-order chi connectivity index (χ0) is 14.5. The van der Waals surface area contributed by atoms with E-state index in [1.165, 1.54) is 5.56 Å². The third-order valence-corrected chi connectivity index (χ3v) is 5.10. The molecule has 3 aromatic rings. The molecular weight excluding hydrogens is 368 g/mol. The van der Waals surface area contributed by atoms with E-state index in [1.54, 1.807) is 29.3 Å². The third kappa shape index (κ3) is 4.26. The molecular formula is C14H11BrN4S2. The zero-order valence-corrected chi connectivity index (χ0v) is 14.1. The summed E-state index contributed by atoms with van der Waals surface area (Å²) >= 11 is 6.66. The monoisotopic (exact) mass is 378 g/mol. The second-order valence-electron chi connectivity index (χ2n) is 4.16. The number of aromatic nitrogens is 3. The average Bonchev–Trinajstić information content (AvgIpc) is 2.94. The molecule has 0 atom stereocenters. The van der Waals surface area contributed by atoms with Crippen molar-refractivity contribution in [3.05, 3.63) is 58.8 Å². The first-order chi connectivity index (χ1) is 10.3. The molecule has 0 saturated heterocycles. The molecule has 2 heterocycles. The highest BCUT2D eigenvalue weighted by Gasteiger charge is 2.06. The van der Waals surface area contributed by atoms with Crippen molar-refractivity contribution in [2.75, 3.05) is 5.32 Å². The molecule has 2 aromatic heterocycles. The van der Waals surface area contributed by atoms with Crippen molar-refractivity contribution in [3.8, 4) is 0 Å². The minimum absolute atomic E-state index is 0.793. The Kier molecular flexibility index (Phi) is 4.84. The molecule has 0 aliphatic heterocycles. The standard InChI is InChI=1S/C14H11BrN4S2/c15-11-4-1-5-12(7-11)17-13-18-19-14(21-13)20-9-10-3-2-6-16-8-10/h1-8H,9H2,(H,17,18). The largest absolute Gasteiger partial charge is 0.330 e. The number of rotatable bonds is 5. The molecule has 7 heteroatoms. The summed E-state index contributed by atoms with van der Waals surface area (Å²) in [7, 11) is 0. The normalized spacial score (nSPS) is 10.5. The Morgan fingerprint density at radius 3 is 2.95 bits per heavy atom. The molecule has 0 aliphatic rings. The van der Waals surface area contributed by atoms with Gasteiger partial charge in [-0.3, -0.25) is 4.98 Å². The molecule has 0 fully saturated rings. The Hall–Kier alpha value is -1.44. The Bertz CT molecular complexity index is 718. The SMILES string of the molecule is Brc1cccc(Nc2nnc(SCc3cccnc3)s2)c1. The van der Waals surface area contributed by atoms with Gasteiger partial charge in [-0.05, 0) is 29.8 Å². The van der Waals surface area contributed by atoms with Crippen LogP contribution in [-0.2, 0) is 5.75 Å². The van der Waals surface area contributed by atoms with Gasteiger partial charge in [0.15, 0.2) is 4.34 Å². The Balaban J connectivity index is 1.61. The Morgan fingerprint density at radius 1 is 1.19 bits per heavy atom. The van der Waals surface area contributed by atoms with Gasteiger partial charge in [0, 0.05) is 28.3 Å². The summed E-state index contributed by atoms with van der Waals surface area (Å²) in [6.07, 6.45) is 3.65. The molecule has 21 heavy (non-hydrogen) atoms. The number of halogens is 1. The lowest BCUT2D eigenvalue weighted by atomic mass is 10.3. The van der Waals surface area contributed by atoms with Gasteiger partial charge >= 0.3 is 0 Å². The molecule has 0 bridgehead atoms. The van der Waals surface area contributed by atoms with Gasteiger partial charge in [0.05, 0.1) is 0 Å². The molecule has 1 aromatic carbocycles. The summed E-state index contributed by atoms with van der Waals surface area (Å²) < 4.78 is 1.97. The van der Waals surface area contributed by atoms with Crippen LogP contribution in [0.25, 0.3) is 0 Å². The summed E-state index contributed by atoms with van der Waals surface area (Å²) in [6, 6.07) is 12.0. The van der Waals surface area contributed by atoms with Gasteiger partial charge in [-0.2, -0.15) is 0 Å². The van der Waals surface area contributed by atoms with E-state index in [2.05, 4.69) is 42.5 Å². The Morgan fingerprint density at radius 2 is 2.14 bits per heavy atom. The topological polar surface area (TPSA) is 50.7 Å². The smallest absolute Gasteiger partial charge is 0.210 e. The summed E-state index contributed by atoms with van der Waals surface area (Å²) in [5.74, 6) is 0.847. The predicted molar refractivity (Wildman–Crippen MR) is 91.1 cm³/mol. The lowest BCUT2D eigenvalue weighted by Gasteiger charge is -2.01. The van der Waals surface area contributed by atoms with Crippen LogP contribution in [0.2, 0.25) is 0 Å². The maximum absolute atomic E-state index is 4.19. The first-order valence-corrected chi connectivity index (χ1v) is 8.77. The van der Waals surface area contributed by atoms with Crippen molar-refractivity contribution in [2.24, 2.45) is 0 Å². The van der Waals surface area contributed by atoms with Gasteiger partial charge in [-0.15, -0.1) is 10.2 Å². The number of nitrogens with zero attached hydrogens (tertiary/aromatic N) is 3. The molecule has 4 nitrogen and oxygen atoms in total. The fourth-order valence-electron chi connectivity index (χ4n) is 1.64. The van der Waals surface area contributed by atoms with Crippen LogP contribution in [0.15, 0.2) is 57.6 Å². The van der Waals surface area contributed by atoms with Gasteiger partial charge in [-0.1, -0.05) is 51.2 Å². The van der Waals surface area contributed by atoms with Gasteiger partial charge in [0.2, 0.25) is 5.13 Å². The summed E-state index contributed by atoms with van der Waals surface area (Å²) in [4.78, 5) is 4.10. The molecule has 0 aliphatic carbocycles. The predicted octanol–water partition coefficient (Wildman–Crippen LogP) is 4.73. The lowest BCUT2D eigenvalue weighted by Crippen LogP contribution is -1.88. The van der Waals surface area contributed by atoms with Crippen molar-refractivity contribution in [1.82, 2.24) is 15.2 Å². The number of pyridine rings is 1. The second-order valence-corrected chi connectivity index (χ2v) is 7.27. The molecule has 0 spiro atoms.